The van der Waals surface area contributed by atoms with E-state index >= 15 is 0 Å². The maximum absolute atomic E-state index is 12.6. The molecule has 128 valence electrons. The zero-order chi connectivity index (χ0) is 17.7. The summed E-state index contributed by atoms with van der Waals surface area (Å²) in [6.07, 6.45) is 0.838. The zero-order valence-electron chi connectivity index (χ0n) is 14.2. The van der Waals surface area contributed by atoms with Crippen LogP contribution in [0.3, 0.4) is 0 Å². The standard InChI is InChI=1S/C19H23NO3S/c1-4-16-10-12-18(13-11-16)24(22,23)15(3)19(21)20-14(2)17-8-6-5-7-9-17/h5-15H,4H2,1-3H3,(H,20,21). The summed E-state index contributed by atoms with van der Waals surface area (Å²) >= 11 is 0. The van der Waals surface area contributed by atoms with E-state index in [0.717, 1.165) is 17.5 Å². The van der Waals surface area contributed by atoms with Gasteiger partial charge in [-0.15, -0.1) is 0 Å². The van der Waals surface area contributed by atoms with Gasteiger partial charge in [-0.25, -0.2) is 8.42 Å². The van der Waals surface area contributed by atoms with Crippen LogP contribution in [0.15, 0.2) is 59.5 Å². The Bertz CT molecular complexity index is 783. The monoisotopic (exact) mass is 345 g/mol. The Hall–Kier alpha value is -2.14. The number of rotatable bonds is 6. The highest BCUT2D eigenvalue weighted by Gasteiger charge is 2.30. The SMILES string of the molecule is CCc1ccc(S(=O)(=O)C(C)C(=O)NC(C)c2ccccc2)cc1. The molecule has 0 fully saturated rings. The van der Waals surface area contributed by atoms with Crippen molar-refractivity contribution in [2.75, 3.05) is 0 Å². The topological polar surface area (TPSA) is 63.2 Å². The normalized spacial score (nSPS) is 14.0. The van der Waals surface area contributed by atoms with Crippen LogP contribution < -0.4 is 5.32 Å². The van der Waals surface area contributed by atoms with E-state index in [1.54, 1.807) is 24.3 Å². The molecular weight excluding hydrogens is 322 g/mol. The van der Waals surface area contributed by atoms with E-state index in [1.165, 1.54) is 6.92 Å². The number of nitrogens with one attached hydrogen (secondary N) is 1. The lowest BCUT2D eigenvalue weighted by atomic mass is 10.1. The fourth-order valence-electron chi connectivity index (χ4n) is 2.42. The number of hydrogen-bond donors (Lipinski definition) is 1. The Kier molecular flexibility index (Phi) is 5.78. The molecule has 1 amide bonds. The van der Waals surface area contributed by atoms with Gasteiger partial charge in [0.2, 0.25) is 5.91 Å². The predicted octanol–water partition coefficient (Wildman–Crippen LogP) is 3.29. The van der Waals surface area contributed by atoms with Crippen molar-refractivity contribution in [3.05, 3.63) is 65.7 Å². The molecule has 0 saturated carbocycles. The van der Waals surface area contributed by atoms with Crippen molar-refractivity contribution >= 4 is 15.7 Å². The minimum Gasteiger partial charge on any atom is -0.348 e. The molecular formula is C19H23NO3S. The Morgan fingerprint density at radius 1 is 1.00 bits per heavy atom. The first kappa shape index (κ1) is 18.2. The number of aryl methyl sites for hydroxylation is 1. The van der Waals surface area contributed by atoms with Crippen LogP contribution in [0.5, 0.6) is 0 Å². The first-order valence-electron chi connectivity index (χ1n) is 8.04. The number of amides is 1. The second-order valence-corrected chi connectivity index (χ2v) is 8.09. The number of carbonyl (C=O) groups is 1. The highest BCUT2D eigenvalue weighted by Crippen LogP contribution is 2.19. The van der Waals surface area contributed by atoms with Gasteiger partial charge in [0.25, 0.3) is 0 Å². The van der Waals surface area contributed by atoms with Crippen LogP contribution in [0.2, 0.25) is 0 Å². The smallest absolute Gasteiger partial charge is 0.238 e. The molecule has 0 heterocycles. The average Bonchev–Trinajstić information content (AvgIpc) is 2.61. The van der Waals surface area contributed by atoms with Crippen molar-refractivity contribution in [3.63, 3.8) is 0 Å². The fraction of sp³-hybridized carbons (Fsp3) is 0.316. The van der Waals surface area contributed by atoms with Crippen LogP contribution in [-0.2, 0) is 21.1 Å². The summed E-state index contributed by atoms with van der Waals surface area (Å²) in [4.78, 5) is 12.6. The number of hydrogen-bond acceptors (Lipinski definition) is 3. The lowest BCUT2D eigenvalue weighted by Gasteiger charge is -2.18. The van der Waals surface area contributed by atoms with Gasteiger partial charge >= 0.3 is 0 Å². The first-order valence-corrected chi connectivity index (χ1v) is 9.59. The summed E-state index contributed by atoms with van der Waals surface area (Å²) in [5, 5.41) is 1.63. The first-order chi connectivity index (χ1) is 11.4. The Balaban J connectivity index is 2.13. The Morgan fingerprint density at radius 2 is 1.58 bits per heavy atom. The number of benzene rings is 2. The summed E-state index contributed by atoms with van der Waals surface area (Å²) in [6.45, 7) is 5.27. The molecule has 0 aliphatic carbocycles. The summed E-state index contributed by atoms with van der Waals surface area (Å²) in [6, 6.07) is 15.9. The zero-order valence-corrected chi connectivity index (χ0v) is 15.0. The summed E-state index contributed by atoms with van der Waals surface area (Å²) in [5.41, 5.74) is 1.99. The molecule has 0 radical (unpaired) electrons. The molecule has 2 rings (SSSR count). The van der Waals surface area contributed by atoms with E-state index in [1.807, 2.05) is 44.2 Å². The predicted molar refractivity (Wildman–Crippen MR) is 95.5 cm³/mol. The second-order valence-electron chi connectivity index (χ2n) is 5.83. The van der Waals surface area contributed by atoms with E-state index in [2.05, 4.69) is 5.32 Å². The van der Waals surface area contributed by atoms with Gasteiger partial charge in [-0.1, -0.05) is 49.4 Å². The molecule has 1 N–H and O–H groups in total. The van der Waals surface area contributed by atoms with Gasteiger partial charge in [0.05, 0.1) is 10.9 Å². The van der Waals surface area contributed by atoms with Crippen LogP contribution in [0.1, 0.15) is 37.9 Å². The maximum Gasteiger partial charge on any atom is 0.238 e. The summed E-state index contributed by atoms with van der Waals surface area (Å²) < 4.78 is 25.3. The average molecular weight is 345 g/mol. The quantitative estimate of drug-likeness (QED) is 0.874. The van der Waals surface area contributed by atoms with E-state index in [0.29, 0.717) is 0 Å². The highest BCUT2D eigenvalue weighted by molar-refractivity contribution is 7.92. The third-order valence-electron chi connectivity index (χ3n) is 4.15. The molecule has 2 atom stereocenters. The maximum atomic E-state index is 12.6. The van der Waals surface area contributed by atoms with Crippen molar-refractivity contribution in [1.82, 2.24) is 5.32 Å². The largest absolute Gasteiger partial charge is 0.348 e. The van der Waals surface area contributed by atoms with E-state index < -0.39 is 21.0 Å². The van der Waals surface area contributed by atoms with Crippen LogP contribution in [-0.4, -0.2) is 19.6 Å². The van der Waals surface area contributed by atoms with Crippen molar-refractivity contribution in [2.45, 2.75) is 43.4 Å². The molecule has 5 heteroatoms. The lowest BCUT2D eigenvalue weighted by molar-refractivity contribution is -0.121. The molecule has 4 nitrogen and oxygen atoms in total. The lowest BCUT2D eigenvalue weighted by Crippen LogP contribution is -2.39. The van der Waals surface area contributed by atoms with Gasteiger partial charge < -0.3 is 5.32 Å². The summed E-state index contributed by atoms with van der Waals surface area (Å²) in [5.74, 6) is -0.495. The molecule has 0 bridgehead atoms. The number of sulfone groups is 1. The minimum absolute atomic E-state index is 0.176. The Labute approximate surface area is 143 Å². The third kappa shape index (κ3) is 4.03. The molecule has 0 saturated heterocycles. The van der Waals surface area contributed by atoms with Gasteiger partial charge in [0.1, 0.15) is 5.25 Å². The van der Waals surface area contributed by atoms with Crippen molar-refractivity contribution in [1.29, 1.82) is 0 Å². The van der Waals surface area contributed by atoms with E-state index in [-0.39, 0.29) is 10.9 Å². The fourth-order valence-corrected chi connectivity index (χ4v) is 3.69. The van der Waals surface area contributed by atoms with Gasteiger partial charge in [0, 0.05) is 0 Å². The van der Waals surface area contributed by atoms with Crippen molar-refractivity contribution in [2.24, 2.45) is 0 Å². The van der Waals surface area contributed by atoms with Crippen molar-refractivity contribution in [3.8, 4) is 0 Å². The molecule has 2 aromatic carbocycles. The van der Waals surface area contributed by atoms with Gasteiger partial charge in [-0.05, 0) is 43.5 Å². The molecule has 2 aromatic rings. The molecule has 0 aliphatic heterocycles. The molecule has 24 heavy (non-hydrogen) atoms. The van der Waals surface area contributed by atoms with E-state index in [4.69, 9.17) is 0 Å². The molecule has 2 unspecified atom stereocenters. The van der Waals surface area contributed by atoms with Crippen molar-refractivity contribution < 1.29 is 13.2 Å². The van der Waals surface area contributed by atoms with Gasteiger partial charge in [-0.3, -0.25) is 4.79 Å². The van der Waals surface area contributed by atoms with Crippen LogP contribution >= 0.6 is 0 Å². The van der Waals surface area contributed by atoms with Gasteiger partial charge in [-0.2, -0.15) is 0 Å². The summed E-state index contributed by atoms with van der Waals surface area (Å²) in [7, 11) is -3.70. The van der Waals surface area contributed by atoms with E-state index in [9.17, 15) is 13.2 Å². The molecule has 0 aromatic heterocycles. The van der Waals surface area contributed by atoms with Crippen LogP contribution in [0, 0.1) is 0 Å². The molecule has 0 aliphatic rings. The third-order valence-corrected chi connectivity index (χ3v) is 6.23. The van der Waals surface area contributed by atoms with Crippen LogP contribution in [0.25, 0.3) is 0 Å². The highest BCUT2D eigenvalue weighted by atomic mass is 32.2. The Morgan fingerprint density at radius 3 is 2.12 bits per heavy atom. The second kappa shape index (κ2) is 7.62. The minimum atomic E-state index is -3.70. The number of carbonyl (C=O) groups excluding carboxylic acids is 1. The molecule has 0 spiro atoms. The van der Waals surface area contributed by atoms with Gasteiger partial charge in [0.15, 0.2) is 9.84 Å². The van der Waals surface area contributed by atoms with Crippen LogP contribution in [0.4, 0.5) is 0 Å².